The summed E-state index contributed by atoms with van der Waals surface area (Å²) in [4.78, 5) is 5.59. The van der Waals surface area contributed by atoms with Gasteiger partial charge in [-0.25, -0.2) is 4.98 Å². The molecular weight excluding hydrogens is 243 g/mol. The normalized spacial score (nSPS) is 21.2. The number of hydrogen-bond acceptors (Lipinski definition) is 3. The molecule has 18 heavy (non-hydrogen) atoms. The van der Waals surface area contributed by atoms with Gasteiger partial charge in [0.2, 0.25) is 0 Å². The molecule has 2 rings (SSSR count). The number of halogens is 3. The third-order valence-electron chi connectivity index (χ3n) is 3.25. The number of pyridine rings is 1. The molecule has 1 unspecified atom stereocenters. The molecule has 1 saturated heterocycles. The van der Waals surface area contributed by atoms with Crippen LogP contribution in [0.3, 0.4) is 0 Å². The molecule has 0 saturated carbocycles. The molecular formula is C12H16F3N3. The Morgan fingerprint density at radius 3 is 2.67 bits per heavy atom. The number of aromatic nitrogens is 1. The largest absolute Gasteiger partial charge is 0.410 e. The summed E-state index contributed by atoms with van der Waals surface area (Å²) in [7, 11) is 0. The lowest BCUT2D eigenvalue weighted by Gasteiger charge is -2.38. The van der Waals surface area contributed by atoms with Gasteiger partial charge in [-0.05, 0) is 25.5 Å². The molecule has 1 aromatic rings. The molecule has 1 aromatic heterocycles. The Balaban J connectivity index is 2.31. The molecule has 1 aliphatic heterocycles. The first-order valence-electron chi connectivity index (χ1n) is 5.88. The molecule has 0 spiro atoms. The van der Waals surface area contributed by atoms with Gasteiger partial charge in [-0.1, -0.05) is 6.07 Å². The van der Waals surface area contributed by atoms with Gasteiger partial charge >= 0.3 is 6.18 Å². The number of rotatable bonds is 1. The van der Waals surface area contributed by atoms with E-state index in [-0.39, 0.29) is 6.54 Å². The van der Waals surface area contributed by atoms with Crippen LogP contribution in [0, 0.1) is 13.8 Å². The van der Waals surface area contributed by atoms with Crippen LogP contribution in [0.1, 0.15) is 11.3 Å². The SMILES string of the molecule is Cc1ccc(N2CCNCC2C(F)(F)F)nc1C. The molecule has 2 heterocycles. The molecule has 100 valence electrons. The van der Waals surface area contributed by atoms with Crippen molar-refractivity contribution in [2.45, 2.75) is 26.1 Å². The fourth-order valence-electron chi connectivity index (χ4n) is 2.05. The first-order chi connectivity index (χ1) is 8.39. The Morgan fingerprint density at radius 2 is 2.06 bits per heavy atom. The molecule has 1 atom stereocenters. The highest BCUT2D eigenvalue weighted by Crippen LogP contribution is 2.29. The molecule has 0 radical (unpaired) electrons. The van der Waals surface area contributed by atoms with Gasteiger partial charge in [0.15, 0.2) is 0 Å². The quantitative estimate of drug-likeness (QED) is 0.836. The van der Waals surface area contributed by atoms with Gasteiger partial charge in [-0.2, -0.15) is 13.2 Å². The van der Waals surface area contributed by atoms with Gasteiger partial charge in [0.25, 0.3) is 0 Å². The van der Waals surface area contributed by atoms with Crippen LogP contribution in [0.5, 0.6) is 0 Å². The number of piperazine rings is 1. The van der Waals surface area contributed by atoms with E-state index in [1.54, 1.807) is 6.07 Å². The van der Waals surface area contributed by atoms with Gasteiger partial charge in [0.1, 0.15) is 11.9 Å². The van der Waals surface area contributed by atoms with Crippen molar-refractivity contribution >= 4 is 5.82 Å². The van der Waals surface area contributed by atoms with Gasteiger partial charge in [-0.3, -0.25) is 0 Å². The van der Waals surface area contributed by atoms with Crippen molar-refractivity contribution in [3.05, 3.63) is 23.4 Å². The van der Waals surface area contributed by atoms with Crippen LogP contribution in [-0.2, 0) is 0 Å². The maximum atomic E-state index is 12.9. The number of nitrogens with zero attached hydrogens (tertiary/aromatic N) is 2. The summed E-state index contributed by atoms with van der Waals surface area (Å²) in [5, 5.41) is 2.78. The zero-order valence-electron chi connectivity index (χ0n) is 10.4. The van der Waals surface area contributed by atoms with Gasteiger partial charge in [-0.15, -0.1) is 0 Å². The van der Waals surface area contributed by atoms with Crippen molar-refractivity contribution in [2.24, 2.45) is 0 Å². The highest BCUT2D eigenvalue weighted by atomic mass is 19.4. The minimum Gasteiger partial charge on any atom is -0.342 e. The molecule has 1 N–H and O–H groups in total. The van der Waals surface area contributed by atoms with Crippen LogP contribution in [-0.4, -0.2) is 36.8 Å². The Hall–Kier alpha value is -1.30. The van der Waals surface area contributed by atoms with E-state index in [0.717, 1.165) is 11.3 Å². The van der Waals surface area contributed by atoms with Crippen molar-refractivity contribution in [3.8, 4) is 0 Å². The van der Waals surface area contributed by atoms with E-state index in [2.05, 4.69) is 10.3 Å². The molecule has 0 bridgehead atoms. The predicted octanol–water partition coefficient (Wildman–Crippen LogP) is 2.04. The number of nitrogens with one attached hydrogen (secondary N) is 1. The van der Waals surface area contributed by atoms with Gasteiger partial charge in [0, 0.05) is 25.3 Å². The number of alkyl halides is 3. The second kappa shape index (κ2) is 4.76. The average Bonchev–Trinajstić information content (AvgIpc) is 2.32. The Kier molecular flexibility index (Phi) is 3.47. The monoisotopic (exact) mass is 259 g/mol. The second-order valence-electron chi connectivity index (χ2n) is 4.53. The van der Waals surface area contributed by atoms with E-state index in [4.69, 9.17) is 0 Å². The Labute approximate surface area is 104 Å². The predicted molar refractivity (Wildman–Crippen MR) is 63.8 cm³/mol. The fraction of sp³-hybridized carbons (Fsp3) is 0.583. The van der Waals surface area contributed by atoms with Crippen molar-refractivity contribution < 1.29 is 13.2 Å². The lowest BCUT2D eigenvalue weighted by atomic mass is 10.1. The maximum Gasteiger partial charge on any atom is 0.410 e. The summed E-state index contributed by atoms with van der Waals surface area (Å²) in [6.07, 6.45) is -4.24. The minimum absolute atomic E-state index is 0.0852. The molecule has 6 heteroatoms. The van der Waals surface area contributed by atoms with Crippen LogP contribution in [0.25, 0.3) is 0 Å². The second-order valence-corrected chi connectivity index (χ2v) is 4.53. The van der Waals surface area contributed by atoms with Crippen molar-refractivity contribution in [2.75, 3.05) is 24.5 Å². The lowest BCUT2D eigenvalue weighted by molar-refractivity contribution is -0.149. The topological polar surface area (TPSA) is 28.2 Å². The molecule has 0 amide bonds. The summed E-state index contributed by atoms with van der Waals surface area (Å²) in [5.74, 6) is 0.405. The van der Waals surface area contributed by atoms with Gasteiger partial charge in [0.05, 0.1) is 0 Å². The van der Waals surface area contributed by atoms with Crippen molar-refractivity contribution in [1.29, 1.82) is 0 Å². The van der Waals surface area contributed by atoms with Crippen LogP contribution in [0.15, 0.2) is 12.1 Å². The Bertz CT molecular complexity index is 431. The molecule has 0 aliphatic carbocycles. The smallest absolute Gasteiger partial charge is 0.342 e. The van der Waals surface area contributed by atoms with Gasteiger partial charge < -0.3 is 10.2 Å². The van der Waals surface area contributed by atoms with E-state index < -0.39 is 12.2 Å². The van der Waals surface area contributed by atoms with E-state index in [0.29, 0.717) is 18.9 Å². The zero-order valence-corrected chi connectivity index (χ0v) is 10.4. The van der Waals surface area contributed by atoms with Crippen LogP contribution in [0.2, 0.25) is 0 Å². The number of anilines is 1. The number of aryl methyl sites for hydroxylation is 2. The summed E-state index contributed by atoms with van der Waals surface area (Å²) in [5.41, 5.74) is 1.75. The van der Waals surface area contributed by atoms with Crippen LogP contribution in [0.4, 0.5) is 19.0 Å². The van der Waals surface area contributed by atoms with E-state index >= 15 is 0 Å². The summed E-state index contributed by atoms with van der Waals surface area (Å²) in [6, 6.07) is 1.97. The van der Waals surface area contributed by atoms with E-state index in [1.165, 1.54) is 4.90 Å². The highest BCUT2D eigenvalue weighted by molar-refractivity contribution is 5.43. The maximum absolute atomic E-state index is 12.9. The van der Waals surface area contributed by atoms with E-state index in [1.807, 2.05) is 19.9 Å². The zero-order chi connectivity index (χ0) is 13.3. The first-order valence-corrected chi connectivity index (χ1v) is 5.88. The minimum atomic E-state index is -4.24. The van der Waals surface area contributed by atoms with Crippen LogP contribution >= 0.6 is 0 Å². The molecule has 0 aromatic carbocycles. The third kappa shape index (κ3) is 2.58. The summed E-state index contributed by atoms with van der Waals surface area (Å²) >= 11 is 0. The summed E-state index contributed by atoms with van der Waals surface area (Å²) in [6.45, 7) is 4.48. The first kappa shape index (κ1) is 13.1. The highest BCUT2D eigenvalue weighted by Gasteiger charge is 2.45. The Morgan fingerprint density at radius 1 is 1.33 bits per heavy atom. The van der Waals surface area contributed by atoms with Crippen molar-refractivity contribution in [3.63, 3.8) is 0 Å². The van der Waals surface area contributed by atoms with E-state index in [9.17, 15) is 13.2 Å². The fourth-order valence-corrected chi connectivity index (χ4v) is 2.05. The lowest BCUT2D eigenvalue weighted by Crippen LogP contribution is -2.58. The summed E-state index contributed by atoms with van der Waals surface area (Å²) < 4.78 is 38.8. The average molecular weight is 259 g/mol. The van der Waals surface area contributed by atoms with Crippen molar-refractivity contribution in [1.82, 2.24) is 10.3 Å². The standard InChI is InChI=1S/C12H16F3N3/c1-8-3-4-11(17-9(8)2)18-6-5-16-7-10(18)12(13,14)15/h3-4,10,16H,5-7H2,1-2H3. The number of hydrogen-bond donors (Lipinski definition) is 1. The third-order valence-corrected chi connectivity index (χ3v) is 3.25. The van der Waals surface area contributed by atoms with Crippen LogP contribution < -0.4 is 10.2 Å². The molecule has 3 nitrogen and oxygen atoms in total. The molecule has 1 fully saturated rings. The molecule has 1 aliphatic rings.